The third kappa shape index (κ3) is 3.81. The van der Waals surface area contributed by atoms with E-state index in [1.807, 2.05) is 20.2 Å². The molecule has 0 bridgehead atoms. The van der Waals surface area contributed by atoms with Crippen LogP contribution in [0.2, 0.25) is 0 Å². The highest BCUT2D eigenvalue weighted by Crippen LogP contribution is 2.29. The van der Waals surface area contributed by atoms with Crippen molar-refractivity contribution in [2.75, 3.05) is 27.2 Å². The van der Waals surface area contributed by atoms with E-state index >= 15 is 0 Å². The molecule has 1 heterocycles. The van der Waals surface area contributed by atoms with Crippen molar-refractivity contribution < 1.29 is 9.53 Å². The minimum atomic E-state index is -0.138. The predicted molar refractivity (Wildman–Crippen MR) is 95.6 cm³/mol. The molecule has 2 aromatic rings. The van der Waals surface area contributed by atoms with Crippen LogP contribution in [-0.2, 0) is 6.42 Å². The molecular formula is C20H21N3O2. The highest BCUT2D eigenvalue weighted by molar-refractivity contribution is 5.94. The highest BCUT2D eigenvalue weighted by Gasteiger charge is 2.19. The van der Waals surface area contributed by atoms with E-state index in [0.717, 1.165) is 24.3 Å². The van der Waals surface area contributed by atoms with E-state index < -0.39 is 0 Å². The molecule has 0 saturated carbocycles. The largest absolute Gasteiger partial charge is 0.493 e. The molecular weight excluding hydrogens is 314 g/mol. The van der Waals surface area contributed by atoms with Crippen LogP contribution in [0.3, 0.4) is 0 Å². The summed E-state index contributed by atoms with van der Waals surface area (Å²) in [7, 11) is 4.00. The monoisotopic (exact) mass is 335 g/mol. The minimum Gasteiger partial charge on any atom is -0.493 e. The maximum absolute atomic E-state index is 12.4. The number of hydrogen-bond donors (Lipinski definition) is 1. The lowest BCUT2D eigenvalue weighted by molar-refractivity contribution is 0.0942. The van der Waals surface area contributed by atoms with Crippen LogP contribution in [0, 0.1) is 11.3 Å². The van der Waals surface area contributed by atoms with Gasteiger partial charge in [-0.15, -0.1) is 0 Å². The number of nitriles is 1. The second kappa shape index (κ2) is 7.37. The SMILES string of the molecule is CN(C)C(CNC(=O)c1ccc(C#N)cc1)c1ccc2c(c1)CCO2. The van der Waals surface area contributed by atoms with Crippen molar-refractivity contribution >= 4 is 5.91 Å². The second-order valence-electron chi connectivity index (χ2n) is 6.34. The lowest BCUT2D eigenvalue weighted by Gasteiger charge is -2.25. The zero-order chi connectivity index (χ0) is 17.8. The fourth-order valence-corrected chi connectivity index (χ4v) is 3.00. The van der Waals surface area contributed by atoms with Gasteiger partial charge in [0.15, 0.2) is 0 Å². The maximum Gasteiger partial charge on any atom is 0.251 e. The average molecular weight is 335 g/mol. The summed E-state index contributed by atoms with van der Waals surface area (Å²) in [6, 6.07) is 15.0. The van der Waals surface area contributed by atoms with Crippen molar-refractivity contribution in [3.8, 4) is 11.8 Å². The van der Waals surface area contributed by atoms with E-state index in [-0.39, 0.29) is 11.9 Å². The van der Waals surface area contributed by atoms with E-state index in [1.54, 1.807) is 24.3 Å². The number of hydrogen-bond acceptors (Lipinski definition) is 4. The standard InChI is InChI=1S/C20H21N3O2/c1-23(2)18(16-7-8-19-17(11-16)9-10-25-19)13-22-20(24)15-5-3-14(12-21)4-6-15/h3-8,11,18H,9-10,13H2,1-2H3,(H,22,24). The van der Waals surface area contributed by atoms with Crippen molar-refractivity contribution in [3.63, 3.8) is 0 Å². The molecule has 5 heteroatoms. The first-order chi connectivity index (χ1) is 12.1. The third-order valence-corrected chi connectivity index (χ3v) is 4.45. The van der Waals surface area contributed by atoms with Crippen molar-refractivity contribution in [3.05, 3.63) is 64.7 Å². The fraction of sp³-hybridized carbons (Fsp3) is 0.300. The Kier molecular flexibility index (Phi) is 5.01. The van der Waals surface area contributed by atoms with E-state index in [4.69, 9.17) is 10.00 Å². The summed E-state index contributed by atoms with van der Waals surface area (Å²) in [4.78, 5) is 14.5. The molecule has 1 atom stereocenters. The summed E-state index contributed by atoms with van der Waals surface area (Å²) in [6.07, 6.45) is 0.931. The van der Waals surface area contributed by atoms with Crippen molar-refractivity contribution in [1.82, 2.24) is 10.2 Å². The summed E-state index contributed by atoms with van der Waals surface area (Å²) in [5.41, 5.74) is 3.49. The molecule has 3 rings (SSSR count). The lowest BCUT2D eigenvalue weighted by Crippen LogP contribution is -2.34. The Morgan fingerprint density at radius 1 is 1.28 bits per heavy atom. The number of nitrogens with one attached hydrogen (secondary N) is 1. The Hall–Kier alpha value is -2.84. The molecule has 1 aliphatic rings. The summed E-state index contributed by atoms with van der Waals surface area (Å²) < 4.78 is 5.56. The summed E-state index contributed by atoms with van der Waals surface area (Å²) in [5, 5.41) is 11.8. The molecule has 5 nitrogen and oxygen atoms in total. The summed E-state index contributed by atoms with van der Waals surface area (Å²) in [6.45, 7) is 1.24. The molecule has 2 aromatic carbocycles. The van der Waals surface area contributed by atoms with Gasteiger partial charge in [0, 0.05) is 18.5 Å². The number of fused-ring (bicyclic) bond motifs is 1. The van der Waals surface area contributed by atoms with Crippen LogP contribution < -0.4 is 10.1 Å². The number of amides is 1. The molecule has 1 aliphatic heterocycles. The topological polar surface area (TPSA) is 65.4 Å². The molecule has 1 amide bonds. The van der Waals surface area contributed by atoms with Gasteiger partial charge < -0.3 is 15.0 Å². The third-order valence-electron chi connectivity index (χ3n) is 4.45. The van der Waals surface area contributed by atoms with Crippen LogP contribution in [0.5, 0.6) is 5.75 Å². The van der Waals surface area contributed by atoms with Gasteiger partial charge in [-0.05, 0) is 55.6 Å². The predicted octanol–water partition coefficient (Wildman–Crippen LogP) is 2.53. The van der Waals surface area contributed by atoms with Crippen LogP contribution in [0.1, 0.15) is 33.1 Å². The molecule has 0 radical (unpaired) electrons. The van der Waals surface area contributed by atoms with E-state index in [0.29, 0.717) is 17.7 Å². The van der Waals surface area contributed by atoms with E-state index in [9.17, 15) is 4.79 Å². The Labute approximate surface area is 147 Å². The van der Waals surface area contributed by atoms with Crippen LogP contribution in [-0.4, -0.2) is 38.1 Å². The lowest BCUT2D eigenvalue weighted by atomic mass is 10.0. The van der Waals surface area contributed by atoms with Gasteiger partial charge in [0.2, 0.25) is 0 Å². The first kappa shape index (κ1) is 17.0. The Morgan fingerprint density at radius 2 is 2.04 bits per heavy atom. The quantitative estimate of drug-likeness (QED) is 0.912. The fourth-order valence-electron chi connectivity index (χ4n) is 3.00. The van der Waals surface area contributed by atoms with Crippen molar-refractivity contribution in [2.24, 2.45) is 0 Å². The molecule has 0 saturated heterocycles. The van der Waals surface area contributed by atoms with Gasteiger partial charge in [-0.1, -0.05) is 12.1 Å². The van der Waals surface area contributed by atoms with Gasteiger partial charge in [-0.3, -0.25) is 4.79 Å². The highest BCUT2D eigenvalue weighted by atomic mass is 16.5. The number of nitrogens with zero attached hydrogens (tertiary/aromatic N) is 2. The van der Waals surface area contributed by atoms with Crippen LogP contribution in [0.4, 0.5) is 0 Å². The first-order valence-electron chi connectivity index (χ1n) is 8.29. The number of likely N-dealkylation sites (N-methyl/N-ethyl adjacent to an activating group) is 1. The van der Waals surface area contributed by atoms with Gasteiger partial charge in [-0.25, -0.2) is 0 Å². The van der Waals surface area contributed by atoms with Gasteiger partial charge in [0.1, 0.15) is 5.75 Å². The van der Waals surface area contributed by atoms with E-state index in [1.165, 1.54) is 5.56 Å². The molecule has 25 heavy (non-hydrogen) atoms. The number of rotatable bonds is 5. The first-order valence-corrected chi connectivity index (χ1v) is 8.29. The molecule has 1 unspecified atom stereocenters. The molecule has 0 fully saturated rings. The zero-order valence-corrected chi connectivity index (χ0v) is 14.5. The minimum absolute atomic E-state index is 0.0771. The van der Waals surface area contributed by atoms with Gasteiger partial charge >= 0.3 is 0 Å². The molecule has 0 aliphatic carbocycles. The van der Waals surface area contributed by atoms with Crippen LogP contribution >= 0.6 is 0 Å². The molecule has 0 aromatic heterocycles. The number of ether oxygens (including phenoxy) is 1. The molecule has 0 spiro atoms. The van der Waals surface area contributed by atoms with Crippen molar-refractivity contribution in [1.29, 1.82) is 5.26 Å². The number of carbonyl (C=O) groups excluding carboxylic acids is 1. The van der Waals surface area contributed by atoms with Crippen LogP contribution in [0.15, 0.2) is 42.5 Å². The van der Waals surface area contributed by atoms with Crippen molar-refractivity contribution in [2.45, 2.75) is 12.5 Å². The van der Waals surface area contributed by atoms with Gasteiger partial charge in [0.25, 0.3) is 5.91 Å². The van der Waals surface area contributed by atoms with Gasteiger partial charge in [-0.2, -0.15) is 5.26 Å². The smallest absolute Gasteiger partial charge is 0.251 e. The normalized spacial score (nSPS) is 13.7. The Balaban J connectivity index is 1.70. The Morgan fingerprint density at radius 3 is 2.72 bits per heavy atom. The average Bonchev–Trinajstić information content (AvgIpc) is 3.09. The summed E-state index contributed by atoms with van der Waals surface area (Å²) >= 11 is 0. The van der Waals surface area contributed by atoms with Gasteiger partial charge in [0.05, 0.1) is 24.3 Å². The zero-order valence-electron chi connectivity index (χ0n) is 14.5. The second-order valence-corrected chi connectivity index (χ2v) is 6.34. The van der Waals surface area contributed by atoms with E-state index in [2.05, 4.69) is 28.4 Å². The Bertz CT molecular complexity index is 807. The summed E-state index contributed by atoms with van der Waals surface area (Å²) in [5.74, 6) is 0.823. The molecule has 128 valence electrons. The van der Waals surface area contributed by atoms with Crippen LogP contribution in [0.25, 0.3) is 0 Å². The number of carbonyl (C=O) groups is 1. The molecule has 1 N–H and O–H groups in total. The number of benzene rings is 2. The maximum atomic E-state index is 12.4.